The summed E-state index contributed by atoms with van der Waals surface area (Å²) in [7, 11) is 0. The summed E-state index contributed by atoms with van der Waals surface area (Å²) in [5.74, 6) is -0.0454. The number of carbonyl (C=O) groups is 1. The Morgan fingerprint density at radius 1 is 1.33 bits per heavy atom. The molecule has 1 aromatic heterocycles. The first kappa shape index (κ1) is 10.9. The first-order chi connectivity index (χ1) is 8.63. The Morgan fingerprint density at radius 3 is 2.44 bits per heavy atom. The van der Waals surface area contributed by atoms with Gasteiger partial charge in [-0.25, -0.2) is 0 Å². The summed E-state index contributed by atoms with van der Waals surface area (Å²) in [4.78, 5) is 11.2. The minimum Gasteiger partial charge on any atom is -0.481 e. The molecule has 1 aliphatic carbocycles. The van der Waals surface area contributed by atoms with Gasteiger partial charge in [0.25, 0.3) is 0 Å². The molecule has 0 unspecified atom stereocenters. The van der Waals surface area contributed by atoms with Crippen molar-refractivity contribution in [2.45, 2.75) is 25.2 Å². The molecular formula is C12H12N4O2. The Hall–Kier alpha value is -2.24. The van der Waals surface area contributed by atoms with Crippen LogP contribution < -0.4 is 0 Å². The molecule has 1 heterocycles. The standard InChI is InChI=1S/C12H12N4O2/c1-8-13-14-15-16(8)10-4-2-9(3-5-10)12(6-7-12)11(17)18/h2-5H,6-7H2,1H3,(H,17,18). The van der Waals surface area contributed by atoms with Crippen LogP contribution in [0.5, 0.6) is 0 Å². The van der Waals surface area contributed by atoms with Crippen molar-refractivity contribution in [3.63, 3.8) is 0 Å². The second-order valence-electron chi connectivity index (χ2n) is 4.57. The summed E-state index contributed by atoms with van der Waals surface area (Å²) in [6.45, 7) is 1.81. The van der Waals surface area contributed by atoms with Crippen molar-refractivity contribution < 1.29 is 9.90 Å². The van der Waals surface area contributed by atoms with Crippen LogP contribution in [-0.4, -0.2) is 31.3 Å². The highest BCUT2D eigenvalue weighted by atomic mass is 16.4. The zero-order chi connectivity index (χ0) is 12.8. The second-order valence-corrected chi connectivity index (χ2v) is 4.57. The lowest BCUT2D eigenvalue weighted by molar-refractivity contribution is -0.140. The molecule has 2 aromatic rings. The van der Waals surface area contributed by atoms with E-state index in [0.29, 0.717) is 18.7 Å². The van der Waals surface area contributed by atoms with Crippen molar-refractivity contribution in [1.29, 1.82) is 0 Å². The van der Waals surface area contributed by atoms with Crippen molar-refractivity contribution in [2.75, 3.05) is 0 Å². The van der Waals surface area contributed by atoms with Crippen LogP contribution in [0, 0.1) is 6.92 Å². The van der Waals surface area contributed by atoms with Gasteiger partial charge in [0.2, 0.25) is 0 Å². The maximum atomic E-state index is 11.2. The minimum atomic E-state index is -0.742. The van der Waals surface area contributed by atoms with E-state index < -0.39 is 11.4 Å². The molecule has 0 atom stereocenters. The predicted molar refractivity (Wildman–Crippen MR) is 62.4 cm³/mol. The number of tetrazole rings is 1. The Morgan fingerprint density at radius 2 is 2.00 bits per heavy atom. The Labute approximate surface area is 103 Å². The Bertz CT molecular complexity index is 599. The molecule has 1 aromatic carbocycles. The lowest BCUT2D eigenvalue weighted by Crippen LogP contribution is -2.19. The van der Waals surface area contributed by atoms with E-state index in [2.05, 4.69) is 15.5 Å². The zero-order valence-corrected chi connectivity index (χ0v) is 9.87. The summed E-state index contributed by atoms with van der Waals surface area (Å²) < 4.78 is 1.62. The van der Waals surface area contributed by atoms with Gasteiger partial charge in [0.1, 0.15) is 0 Å². The van der Waals surface area contributed by atoms with E-state index in [1.165, 1.54) is 0 Å². The highest BCUT2D eigenvalue weighted by Crippen LogP contribution is 2.48. The highest BCUT2D eigenvalue weighted by Gasteiger charge is 2.51. The van der Waals surface area contributed by atoms with Gasteiger partial charge in [-0.15, -0.1) is 5.10 Å². The summed E-state index contributed by atoms with van der Waals surface area (Å²) in [5, 5.41) is 20.5. The van der Waals surface area contributed by atoms with Crippen molar-refractivity contribution in [2.24, 2.45) is 0 Å². The van der Waals surface area contributed by atoms with E-state index in [-0.39, 0.29) is 0 Å². The normalized spacial score (nSPS) is 16.5. The summed E-state index contributed by atoms with van der Waals surface area (Å²) in [6, 6.07) is 7.39. The molecule has 0 aliphatic heterocycles. The number of hydrogen-bond donors (Lipinski definition) is 1. The molecule has 0 amide bonds. The van der Waals surface area contributed by atoms with Gasteiger partial charge in [0.05, 0.1) is 11.1 Å². The van der Waals surface area contributed by atoms with Crippen LogP contribution in [-0.2, 0) is 10.2 Å². The third kappa shape index (κ3) is 1.49. The van der Waals surface area contributed by atoms with Crippen LogP contribution in [0.15, 0.2) is 24.3 Å². The van der Waals surface area contributed by atoms with Gasteiger partial charge in [0.15, 0.2) is 5.82 Å². The average molecular weight is 244 g/mol. The fourth-order valence-electron chi connectivity index (χ4n) is 2.14. The maximum Gasteiger partial charge on any atom is 0.314 e. The fraction of sp³-hybridized carbons (Fsp3) is 0.333. The first-order valence-corrected chi connectivity index (χ1v) is 5.73. The van der Waals surface area contributed by atoms with Crippen LogP contribution in [0.3, 0.4) is 0 Å². The van der Waals surface area contributed by atoms with Gasteiger partial charge in [-0.2, -0.15) is 4.68 Å². The Balaban J connectivity index is 1.95. The summed E-state index contributed by atoms with van der Waals surface area (Å²) in [5.41, 5.74) is 1.03. The number of aryl methyl sites for hydroxylation is 1. The van der Waals surface area contributed by atoms with E-state index in [0.717, 1.165) is 11.3 Å². The number of carboxylic acid groups (broad SMARTS) is 1. The smallest absolute Gasteiger partial charge is 0.314 e. The lowest BCUT2D eigenvalue weighted by atomic mass is 9.96. The van der Waals surface area contributed by atoms with E-state index in [1.54, 1.807) is 4.68 Å². The number of nitrogens with zero attached hydrogens (tertiary/aromatic N) is 4. The monoisotopic (exact) mass is 244 g/mol. The van der Waals surface area contributed by atoms with Crippen molar-refractivity contribution in [3.8, 4) is 5.69 Å². The van der Waals surface area contributed by atoms with Crippen LogP contribution >= 0.6 is 0 Å². The van der Waals surface area contributed by atoms with Crippen molar-refractivity contribution in [1.82, 2.24) is 20.2 Å². The molecule has 0 bridgehead atoms. The second kappa shape index (κ2) is 3.63. The minimum absolute atomic E-state index is 0.659. The summed E-state index contributed by atoms with van der Waals surface area (Å²) in [6.07, 6.45) is 1.43. The molecule has 6 nitrogen and oxygen atoms in total. The molecule has 92 valence electrons. The van der Waals surface area contributed by atoms with Gasteiger partial charge in [-0.05, 0) is 47.9 Å². The molecule has 0 saturated heterocycles. The van der Waals surface area contributed by atoms with Gasteiger partial charge in [-0.1, -0.05) is 12.1 Å². The van der Waals surface area contributed by atoms with Crippen LogP contribution in [0.2, 0.25) is 0 Å². The molecule has 1 aliphatic rings. The SMILES string of the molecule is Cc1nnnn1-c1ccc(C2(C(=O)O)CC2)cc1. The van der Waals surface area contributed by atoms with Gasteiger partial charge in [-0.3, -0.25) is 4.79 Å². The predicted octanol–water partition coefficient (Wildman–Crippen LogP) is 1.09. The van der Waals surface area contributed by atoms with E-state index in [1.807, 2.05) is 31.2 Å². The van der Waals surface area contributed by atoms with Crippen LogP contribution in [0.1, 0.15) is 24.2 Å². The molecule has 1 saturated carbocycles. The maximum absolute atomic E-state index is 11.2. The van der Waals surface area contributed by atoms with Crippen LogP contribution in [0.25, 0.3) is 5.69 Å². The molecule has 6 heteroatoms. The topological polar surface area (TPSA) is 80.9 Å². The number of carboxylic acids is 1. The highest BCUT2D eigenvalue weighted by molar-refractivity contribution is 5.84. The molecule has 18 heavy (non-hydrogen) atoms. The third-order valence-corrected chi connectivity index (χ3v) is 3.45. The lowest BCUT2D eigenvalue weighted by Gasteiger charge is -2.10. The van der Waals surface area contributed by atoms with Gasteiger partial charge >= 0.3 is 5.97 Å². The number of rotatable bonds is 3. The molecule has 3 rings (SSSR count). The van der Waals surface area contributed by atoms with Crippen LogP contribution in [0.4, 0.5) is 0 Å². The molecule has 0 spiro atoms. The number of benzene rings is 1. The zero-order valence-electron chi connectivity index (χ0n) is 9.87. The first-order valence-electron chi connectivity index (χ1n) is 5.73. The number of hydrogen-bond acceptors (Lipinski definition) is 4. The quantitative estimate of drug-likeness (QED) is 0.874. The van der Waals surface area contributed by atoms with E-state index >= 15 is 0 Å². The van der Waals surface area contributed by atoms with E-state index in [4.69, 9.17) is 0 Å². The number of aromatic nitrogens is 4. The summed E-state index contributed by atoms with van der Waals surface area (Å²) >= 11 is 0. The Kier molecular flexibility index (Phi) is 2.19. The fourth-order valence-corrected chi connectivity index (χ4v) is 2.14. The molecular weight excluding hydrogens is 232 g/mol. The van der Waals surface area contributed by atoms with Gasteiger partial charge in [0, 0.05) is 0 Å². The largest absolute Gasteiger partial charge is 0.481 e. The third-order valence-electron chi connectivity index (χ3n) is 3.45. The molecule has 1 N–H and O–H groups in total. The van der Waals surface area contributed by atoms with Crippen molar-refractivity contribution in [3.05, 3.63) is 35.7 Å². The van der Waals surface area contributed by atoms with E-state index in [9.17, 15) is 9.90 Å². The molecule has 0 radical (unpaired) electrons. The molecule has 1 fully saturated rings. The van der Waals surface area contributed by atoms with Crippen molar-refractivity contribution >= 4 is 5.97 Å². The average Bonchev–Trinajstić information content (AvgIpc) is 3.08. The number of aliphatic carboxylic acids is 1. The van der Waals surface area contributed by atoms with Gasteiger partial charge < -0.3 is 5.11 Å².